The van der Waals surface area contributed by atoms with Gasteiger partial charge in [0.2, 0.25) is 0 Å². The van der Waals surface area contributed by atoms with Crippen LogP contribution in [-0.4, -0.2) is 5.84 Å². The second-order valence-electron chi connectivity index (χ2n) is 4.75. The molecule has 2 rings (SSSR count). The van der Waals surface area contributed by atoms with Gasteiger partial charge in [-0.3, -0.25) is 5.41 Å². The molecule has 0 heterocycles. The van der Waals surface area contributed by atoms with E-state index in [4.69, 9.17) is 15.9 Å². The third-order valence-corrected chi connectivity index (χ3v) is 3.10. The van der Waals surface area contributed by atoms with E-state index in [1.165, 1.54) is 6.07 Å². The van der Waals surface area contributed by atoms with Crippen molar-refractivity contribution >= 4 is 5.84 Å². The fraction of sp³-hybridized carbons (Fsp3) is 0.188. The Hall–Kier alpha value is -2.36. The first kappa shape index (κ1) is 14.1. The van der Waals surface area contributed by atoms with Crippen molar-refractivity contribution in [1.82, 2.24) is 0 Å². The second-order valence-corrected chi connectivity index (χ2v) is 4.75. The van der Waals surface area contributed by atoms with Crippen LogP contribution in [0.5, 0.6) is 5.75 Å². The zero-order valence-electron chi connectivity index (χ0n) is 11.5. The molecule has 0 unspecified atom stereocenters. The Bertz CT molecular complexity index is 653. The van der Waals surface area contributed by atoms with Gasteiger partial charge in [0.25, 0.3) is 0 Å². The monoisotopic (exact) mass is 272 g/mol. The van der Waals surface area contributed by atoms with Gasteiger partial charge < -0.3 is 10.5 Å². The molecule has 2 aromatic carbocycles. The Morgan fingerprint density at radius 1 is 1.25 bits per heavy atom. The molecule has 0 spiro atoms. The van der Waals surface area contributed by atoms with Crippen molar-refractivity contribution < 1.29 is 9.13 Å². The van der Waals surface area contributed by atoms with Gasteiger partial charge in [0.15, 0.2) is 0 Å². The normalized spacial score (nSPS) is 10.3. The lowest BCUT2D eigenvalue weighted by atomic mass is 10.1. The summed E-state index contributed by atoms with van der Waals surface area (Å²) in [6.07, 6.45) is 0. The van der Waals surface area contributed by atoms with Crippen molar-refractivity contribution in [3.63, 3.8) is 0 Å². The van der Waals surface area contributed by atoms with Gasteiger partial charge in [0, 0.05) is 5.56 Å². The Labute approximate surface area is 117 Å². The number of benzene rings is 2. The van der Waals surface area contributed by atoms with Crippen LogP contribution in [0.4, 0.5) is 4.39 Å². The van der Waals surface area contributed by atoms with E-state index in [0.29, 0.717) is 5.56 Å². The van der Waals surface area contributed by atoms with Crippen molar-refractivity contribution in [3.05, 3.63) is 64.5 Å². The van der Waals surface area contributed by atoms with E-state index in [1.807, 2.05) is 32.0 Å². The molecule has 104 valence electrons. The topological polar surface area (TPSA) is 59.1 Å². The van der Waals surface area contributed by atoms with Gasteiger partial charge in [-0.25, -0.2) is 4.39 Å². The second kappa shape index (κ2) is 5.74. The summed E-state index contributed by atoms with van der Waals surface area (Å²) in [6, 6.07) is 10.7. The van der Waals surface area contributed by atoms with Gasteiger partial charge in [0.05, 0.1) is 5.56 Å². The molecule has 20 heavy (non-hydrogen) atoms. The van der Waals surface area contributed by atoms with Crippen LogP contribution >= 0.6 is 0 Å². The Morgan fingerprint density at radius 2 is 2.00 bits per heavy atom. The van der Waals surface area contributed by atoms with Crippen LogP contribution in [0.3, 0.4) is 0 Å². The summed E-state index contributed by atoms with van der Waals surface area (Å²) in [5.74, 6) is -0.0426. The molecule has 0 amide bonds. The molecule has 2 aromatic rings. The number of ether oxygens (including phenoxy) is 1. The Kier molecular flexibility index (Phi) is 4.03. The predicted octanol–water partition coefficient (Wildman–Crippen LogP) is 3.31. The first-order valence-electron chi connectivity index (χ1n) is 6.31. The van der Waals surface area contributed by atoms with Crippen LogP contribution in [0.2, 0.25) is 0 Å². The number of nitrogens with two attached hydrogens (primary N) is 1. The Balaban J connectivity index is 2.21. The predicted molar refractivity (Wildman–Crippen MR) is 77.7 cm³/mol. The SMILES string of the molecule is Cc1ccc(C)c(OCc2cccc(C(=N)N)c2F)c1. The van der Waals surface area contributed by atoms with E-state index in [2.05, 4.69) is 0 Å². The number of rotatable bonds is 4. The maximum atomic E-state index is 14.1. The number of halogens is 1. The van der Waals surface area contributed by atoms with Gasteiger partial charge in [-0.1, -0.05) is 24.3 Å². The summed E-state index contributed by atoms with van der Waals surface area (Å²) in [4.78, 5) is 0. The molecule has 0 radical (unpaired) electrons. The molecular weight excluding hydrogens is 255 g/mol. The van der Waals surface area contributed by atoms with Gasteiger partial charge in [-0.05, 0) is 37.1 Å². The molecule has 0 aromatic heterocycles. The van der Waals surface area contributed by atoms with Crippen LogP contribution in [0.1, 0.15) is 22.3 Å². The van der Waals surface area contributed by atoms with E-state index >= 15 is 0 Å². The first-order chi connectivity index (χ1) is 9.49. The Morgan fingerprint density at radius 3 is 2.70 bits per heavy atom. The van der Waals surface area contributed by atoms with E-state index in [9.17, 15) is 4.39 Å². The highest BCUT2D eigenvalue weighted by molar-refractivity contribution is 5.95. The maximum Gasteiger partial charge on any atom is 0.140 e. The average Bonchev–Trinajstić information content (AvgIpc) is 2.41. The van der Waals surface area contributed by atoms with E-state index in [0.717, 1.165) is 16.9 Å². The number of hydrogen-bond acceptors (Lipinski definition) is 2. The van der Waals surface area contributed by atoms with Gasteiger partial charge in [0.1, 0.15) is 24.0 Å². The molecule has 0 aliphatic rings. The highest BCUT2D eigenvalue weighted by Gasteiger charge is 2.11. The zero-order valence-corrected chi connectivity index (χ0v) is 11.5. The molecule has 0 atom stereocenters. The van der Waals surface area contributed by atoms with Crippen molar-refractivity contribution in [2.24, 2.45) is 5.73 Å². The quantitative estimate of drug-likeness (QED) is 0.662. The average molecular weight is 272 g/mol. The molecule has 3 N–H and O–H groups in total. The minimum absolute atomic E-state index is 0.104. The molecule has 0 aliphatic carbocycles. The van der Waals surface area contributed by atoms with Gasteiger partial charge >= 0.3 is 0 Å². The third kappa shape index (κ3) is 2.96. The number of nitrogens with one attached hydrogen (secondary N) is 1. The van der Waals surface area contributed by atoms with Crippen LogP contribution in [-0.2, 0) is 6.61 Å². The smallest absolute Gasteiger partial charge is 0.140 e. The molecule has 3 nitrogen and oxygen atoms in total. The number of aryl methyl sites for hydroxylation is 2. The fourth-order valence-electron chi connectivity index (χ4n) is 1.92. The van der Waals surface area contributed by atoms with Crippen molar-refractivity contribution in [3.8, 4) is 5.75 Å². The summed E-state index contributed by atoms with van der Waals surface area (Å²) in [6.45, 7) is 4.03. The summed E-state index contributed by atoms with van der Waals surface area (Å²) in [5, 5.41) is 7.33. The molecule has 0 aliphatic heterocycles. The molecular formula is C16H17FN2O. The molecule has 0 bridgehead atoms. The maximum absolute atomic E-state index is 14.1. The summed E-state index contributed by atoms with van der Waals surface area (Å²) < 4.78 is 19.8. The third-order valence-electron chi connectivity index (χ3n) is 3.10. The van der Waals surface area contributed by atoms with E-state index < -0.39 is 5.82 Å². The van der Waals surface area contributed by atoms with Crippen LogP contribution in [0.25, 0.3) is 0 Å². The van der Waals surface area contributed by atoms with E-state index in [-0.39, 0.29) is 18.0 Å². The summed E-state index contributed by atoms with van der Waals surface area (Å²) in [7, 11) is 0. The van der Waals surface area contributed by atoms with Gasteiger partial charge in [-0.2, -0.15) is 0 Å². The van der Waals surface area contributed by atoms with Crippen molar-refractivity contribution in [2.75, 3.05) is 0 Å². The number of nitrogen functional groups attached to an aromatic ring is 1. The van der Waals surface area contributed by atoms with Gasteiger partial charge in [-0.15, -0.1) is 0 Å². The molecule has 0 fully saturated rings. The first-order valence-corrected chi connectivity index (χ1v) is 6.31. The van der Waals surface area contributed by atoms with Crippen molar-refractivity contribution in [1.29, 1.82) is 5.41 Å². The molecule has 4 heteroatoms. The highest BCUT2D eigenvalue weighted by atomic mass is 19.1. The molecule has 0 saturated carbocycles. The fourth-order valence-corrected chi connectivity index (χ4v) is 1.92. The zero-order chi connectivity index (χ0) is 14.7. The minimum atomic E-state index is -0.495. The lowest BCUT2D eigenvalue weighted by Gasteiger charge is -2.12. The number of amidine groups is 1. The van der Waals surface area contributed by atoms with Crippen molar-refractivity contribution in [2.45, 2.75) is 20.5 Å². The van der Waals surface area contributed by atoms with Crippen LogP contribution in [0.15, 0.2) is 36.4 Å². The molecule has 0 saturated heterocycles. The lowest BCUT2D eigenvalue weighted by molar-refractivity contribution is 0.297. The largest absolute Gasteiger partial charge is 0.489 e. The van der Waals surface area contributed by atoms with E-state index in [1.54, 1.807) is 12.1 Å². The van der Waals surface area contributed by atoms with Crippen LogP contribution < -0.4 is 10.5 Å². The lowest BCUT2D eigenvalue weighted by Crippen LogP contribution is -2.14. The standard InChI is InChI=1S/C16H17FN2O/c1-10-6-7-11(2)14(8-10)20-9-12-4-3-5-13(15(12)17)16(18)19/h3-8H,9H2,1-2H3,(H3,18,19). The minimum Gasteiger partial charge on any atom is -0.489 e. The summed E-state index contributed by atoms with van der Waals surface area (Å²) >= 11 is 0. The highest BCUT2D eigenvalue weighted by Crippen LogP contribution is 2.21. The summed E-state index contributed by atoms with van der Waals surface area (Å²) in [5.41, 5.74) is 7.91. The number of hydrogen-bond donors (Lipinski definition) is 2. The van der Waals surface area contributed by atoms with Crippen LogP contribution in [0, 0.1) is 25.1 Å².